The Labute approximate surface area is 346 Å². The molecule has 1 rings (SSSR count). The Hall–Kier alpha value is 1.12. The second-order valence-corrected chi connectivity index (χ2v) is 22.1. The minimum absolute atomic E-state index is 0.0112. The first-order valence-electron chi connectivity index (χ1n) is 20.7. The molecule has 0 aromatic heterocycles. The van der Waals surface area contributed by atoms with Crippen LogP contribution in [0.15, 0.2) is 0 Å². The predicted octanol–water partition coefficient (Wildman–Crippen LogP) is 11.7. The number of rotatable bonds is 36. The van der Waals surface area contributed by atoms with Gasteiger partial charge in [-0.1, -0.05) is 156 Å². The fraction of sp³-hybridized carbons (Fsp3) is 1.00. The van der Waals surface area contributed by atoms with E-state index in [-0.39, 0.29) is 26.4 Å². The zero-order valence-corrected chi connectivity index (χ0v) is 40.6. The van der Waals surface area contributed by atoms with Crippen LogP contribution in [0.3, 0.4) is 0 Å². The van der Waals surface area contributed by atoms with Crippen LogP contribution in [0.4, 0.5) is 0 Å². The summed E-state index contributed by atoms with van der Waals surface area (Å²) in [6.07, 6.45) is 23.9. The molecule has 1 aliphatic rings. The Balaban J connectivity index is 0. The summed E-state index contributed by atoms with van der Waals surface area (Å²) in [5, 5.41) is 0. The molecule has 0 amide bonds. The molecule has 1 fully saturated rings. The molecule has 0 aliphatic carbocycles. The Bertz CT molecular complexity index is 967. The predicted molar refractivity (Wildman–Crippen MR) is 211 cm³/mol. The van der Waals surface area contributed by atoms with Crippen molar-refractivity contribution in [2.24, 2.45) is 0 Å². The molecule has 1 heterocycles. The van der Waals surface area contributed by atoms with Crippen LogP contribution in [0.2, 0.25) is 0 Å². The zero-order chi connectivity index (χ0) is 42.4. The molecule has 338 valence electrons. The molecule has 0 aromatic rings. The molecule has 0 bridgehead atoms. The van der Waals surface area contributed by atoms with Crippen molar-refractivity contribution in [3.05, 3.63) is 0 Å². The Morgan fingerprint density at radius 2 is 0.589 bits per heavy atom. The fourth-order valence-electron chi connectivity index (χ4n) is 4.90. The van der Waals surface area contributed by atoms with Crippen molar-refractivity contribution in [2.45, 2.75) is 182 Å². The molecule has 1 aliphatic heterocycles. The monoisotopic (exact) mass is 970 g/mol. The number of unbranched alkanes of at least 4 members (excludes halogenated alkanes) is 20. The average molecular weight is 972 g/mol. The van der Waals surface area contributed by atoms with Crippen molar-refractivity contribution in [1.29, 1.82) is 0 Å². The van der Waals surface area contributed by atoms with E-state index in [1.165, 1.54) is 25.7 Å². The summed E-state index contributed by atoms with van der Waals surface area (Å²) in [4.78, 5) is 38.0. The molecule has 56 heavy (non-hydrogen) atoms. The first-order chi connectivity index (χ1) is 26.6. The van der Waals surface area contributed by atoms with E-state index in [0.717, 1.165) is 103 Å². The molecule has 0 saturated carbocycles. The van der Waals surface area contributed by atoms with Crippen LogP contribution in [-0.4, -0.2) is 59.2 Å². The summed E-state index contributed by atoms with van der Waals surface area (Å²) >= 11 is -2.76. The molecular weight excluding hydrogens is 895 g/mol. The van der Waals surface area contributed by atoms with Crippen LogP contribution in [0, 0.1) is 0 Å². The van der Waals surface area contributed by atoms with Crippen molar-refractivity contribution in [2.75, 3.05) is 39.6 Å². The average Bonchev–Trinajstić information content (AvgIpc) is 3.60. The van der Waals surface area contributed by atoms with E-state index in [1.807, 2.05) is 0 Å². The van der Waals surface area contributed by atoms with Crippen molar-refractivity contribution < 1.29 is 95.6 Å². The van der Waals surface area contributed by atoms with Crippen LogP contribution in [0.25, 0.3) is 0 Å². The summed E-state index contributed by atoms with van der Waals surface area (Å²) in [7, 11) is -18.3. The molecular formula is C34H76O17P4Zr. The van der Waals surface area contributed by atoms with Crippen LogP contribution in [0.1, 0.15) is 182 Å². The van der Waals surface area contributed by atoms with E-state index in [9.17, 15) is 40.6 Å². The summed E-state index contributed by atoms with van der Waals surface area (Å²) in [5.41, 5.74) is 0. The van der Waals surface area contributed by atoms with Crippen LogP contribution < -0.4 is 0 Å². The van der Waals surface area contributed by atoms with Gasteiger partial charge in [-0.25, -0.2) is 18.3 Å². The molecule has 0 spiro atoms. The third kappa shape index (κ3) is 44.7. The van der Waals surface area contributed by atoms with Crippen molar-refractivity contribution in [1.82, 2.24) is 0 Å². The Morgan fingerprint density at radius 3 is 0.768 bits per heavy atom. The van der Waals surface area contributed by atoms with E-state index in [4.69, 9.17) is 18.1 Å². The van der Waals surface area contributed by atoms with Gasteiger partial charge in [0.1, 0.15) is 0 Å². The minimum atomic E-state index is -4.58. The summed E-state index contributed by atoms with van der Waals surface area (Å²) in [6.45, 7) is 9.64. The van der Waals surface area contributed by atoms with E-state index in [1.54, 1.807) is 0 Å². The van der Waals surface area contributed by atoms with Crippen molar-refractivity contribution in [3.63, 3.8) is 0 Å². The normalized spacial score (nSPS) is 17.1. The molecule has 0 aromatic carbocycles. The van der Waals surface area contributed by atoms with Gasteiger partial charge in [0, 0.05) is 0 Å². The first-order valence-corrected chi connectivity index (χ1v) is 29.7. The van der Waals surface area contributed by atoms with Crippen molar-refractivity contribution in [3.8, 4) is 0 Å². The molecule has 0 radical (unpaired) electrons. The van der Waals surface area contributed by atoms with Crippen molar-refractivity contribution >= 4 is 31.3 Å². The van der Waals surface area contributed by atoms with Crippen LogP contribution in [0.5, 0.6) is 0 Å². The number of phosphoric acid groups is 4. The Kier molecular flexibility index (Phi) is 41.2. The van der Waals surface area contributed by atoms with E-state index in [0.29, 0.717) is 38.9 Å². The van der Waals surface area contributed by atoms with E-state index < -0.39 is 53.9 Å². The van der Waals surface area contributed by atoms with E-state index in [2.05, 4.69) is 41.9 Å². The molecule has 4 atom stereocenters. The number of hydrogen-bond acceptors (Lipinski definition) is 13. The van der Waals surface area contributed by atoms with Crippen LogP contribution >= 0.6 is 31.3 Å². The van der Waals surface area contributed by atoms with Gasteiger partial charge in [0.25, 0.3) is 0 Å². The van der Waals surface area contributed by atoms with Gasteiger partial charge < -0.3 is 19.6 Å². The standard InChI is InChI=1S/2C16H36O7P2.C2H4O2.O.Zr/c2*1-3-5-7-9-11-13-15-21-24(17,18)23-25(19,20)22-16-14-12-10-8-6-4-2;3-1-2-4;;/h2*3-16H2,1-2H3,(H,17,18)(H,19,20);1-2H2;;/q;;-2;;+2. The van der Waals surface area contributed by atoms with Gasteiger partial charge in [-0.15, -0.1) is 0 Å². The quantitative estimate of drug-likeness (QED) is 0.0337. The zero-order valence-electron chi connectivity index (χ0n) is 34.6. The maximum absolute atomic E-state index is 11.7. The molecule has 17 nitrogen and oxygen atoms in total. The van der Waals surface area contributed by atoms with Gasteiger partial charge in [0.2, 0.25) is 0 Å². The Morgan fingerprint density at radius 1 is 0.393 bits per heavy atom. The van der Waals surface area contributed by atoms with Crippen LogP contribution in [-0.2, 0) is 76.1 Å². The van der Waals surface area contributed by atoms with E-state index >= 15 is 0 Å². The van der Waals surface area contributed by atoms with Gasteiger partial charge in [-0.05, 0) is 25.7 Å². The van der Waals surface area contributed by atoms with Gasteiger partial charge in [0.05, 0.1) is 26.4 Å². The molecule has 22 heteroatoms. The molecule has 4 unspecified atom stereocenters. The molecule has 1 saturated heterocycles. The van der Waals surface area contributed by atoms with Gasteiger partial charge >= 0.3 is 75.6 Å². The summed E-state index contributed by atoms with van der Waals surface area (Å²) in [6, 6.07) is 0. The van der Waals surface area contributed by atoms with Gasteiger partial charge in [-0.2, -0.15) is 8.62 Å². The SMILES string of the molecule is CCCCCCCCOP(=O)(O)OP(=O)(O)OCCCCCCCC.CCCCCCCCOP(=O)(O)OP(=O)(O)OCCCCCCCC.[O]=[Zr]1[O]CC[O]1. The maximum atomic E-state index is 11.7. The molecule has 4 N–H and O–H groups in total. The topological polar surface area (TPSA) is 240 Å². The fourth-order valence-corrected chi connectivity index (χ4v) is 10.6. The second kappa shape index (κ2) is 39.0. The third-order valence-corrected chi connectivity index (χ3v) is 15.4. The first kappa shape index (κ1) is 59.2. The summed E-state index contributed by atoms with van der Waals surface area (Å²) < 4.78 is 93.4. The third-order valence-electron chi connectivity index (χ3n) is 7.95. The number of hydrogen-bond donors (Lipinski definition) is 4. The van der Waals surface area contributed by atoms with Gasteiger partial charge in [-0.3, -0.25) is 18.1 Å². The van der Waals surface area contributed by atoms with Gasteiger partial charge in [0.15, 0.2) is 0 Å². The second-order valence-electron chi connectivity index (χ2n) is 13.4. The summed E-state index contributed by atoms with van der Waals surface area (Å²) in [5.74, 6) is 0. The number of phosphoric ester groups is 4.